The topological polar surface area (TPSA) is 78.9 Å². The first kappa shape index (κ1) is 54.4. The third kappa shape index (κ3) is 43.5. The molecular formula is C50H96O6. The van der Waals surface area contributed by atoms with E-state index in [1.165, 1.54) is 186 Å². The summed E-state index contributed by atoms with van der Waals surface area (Å²) in [5.74, 6) is -0.851. The third-order valence-electron chi connectivity index (χ3n) is 11.4. The van der Waals surface area contributed by atoms with E-state index in [4.69, 9.17) is 14.2 Å². The molecule has 0 aliphatic heterocycles. The lowest BCUT2D eigenvalue weighted by molar-refractivity contribution is -0.167. The van der Waals surface area contributed by atoms with Crippen molar-refractivity contribution in [3.05, 3.63) is 0 Å². The van der Waals surface area contributed by atoms with Gasteiger partial charge in [-0.3, -0.25) is 14.4 Å². The molecule has 0 bridgehead atoms. The van der Waals surface area contributed by atoms with Gasteiger partial charge in [0.15, 0.2) is 6.10 Å². The van der Waals surface area contributed by atoms with Crippen LogP contribution < -0.4 is 0 Å². The standard InChI is InChI=1S/C50H96O6/c1-4-7-10-13-16-19-21-22-23-24-25-26-27-28-30-31-34-37-40-43-49(52)55-46-47(45-54-48(51)42-39-36-33-18-15-12-9-6-3)56-50(53)44-41-38-35-32-29-20-17-14-11-8-5-2/h47H,4-46H2,1-3H3. The van der Waals surface area contributed by atoms with Gasteiger partial charge in [-0.05, 0) is 19.3 Å². The van der Waals surface area contributed by atoms with Crippen molar-refractivity contribution in [3.8, 4) is 0 Å². The molecule has 6 nitrogen and oxygen atoms in total. The molecule has 0 aromatic rings. The van der Waals surface area contributed by atoms with Crippen LogP contribution in [0.4, 0.5) is 0 Å². The van der Waals surface area contributed by atoms with E-state index in [0.29, 0.717) is 19.3 Å². The van der Waals surface area contributed by atoms with Gasteiger partial charge in [0.2, 0.25) is 0 Å². The van der Waals surface area contributed by atoms with Crippen LogP contribution in [0.1, 0.15) is 284 Å². The number of carbonyl (C=O) groups excluding carboxylic acids is 3. The molecule has 56 heavy (non-hydrogen) atoms. The van der Waals surface area contributed by atoms with E-state index in [9.17, 15) is 14.4 Å². The largest absolute Gasteiger partial charge is 0.462 e. The summed E-state index contributed by atoms with van der Waals surface area (Å²) in [5, 5.41) is 0. The van der Waals surface area contributed by atoms with Crippen LogP contribution in [0.5, 0.6) is 0 Å². The number of hydrogen-bond donors (Lipinski definition) is 0. The van der Waals surface area contributed by atoms with Crippen molar-refractivity contribution in [3.63, 3.8) is 0 Å². The average Bonchev–Trinajstić information content (AvgIpc) is 3.19. The maximum absolute atomic E-state index is 12.7. The minimum atomic E-state index is -0.758. The first-order chi connectivity index (χ1) is 27.5. The molecule has 0 fully saturated rings. The van der Waals surface area contributed by atoms with Crippen molar-refractivity contribution < 1.29 is 28.6 Å². The molecule has 0 saturated carbocycles. The van der Waals surface area contributed by atoms with Crippen LogP contribution in [-0.2, 0) is 28.6 Å². The molecule has 0 aliphatic carbocycles. The zero-order chi connectivity index (χ0) is 40.8. The molecule has 0 N–H and O–H groups in total. The summed E-state index contributed by atoms with van der Waals surface area (Å²) in [4.78, 5) is 37.7. The summed E-state index contributed by atoms with van der Waals surface area (Å²) in [6, 6.07) is 0. The Kier molecular flexibility index (Phi) is 44.8. The van der Waals surface area contributed by atoms with Crippen molar-refractivity contribution in [2.75, 3.05) is 13.2 Å². The van der Waals surface area contributed by atoms with Crippen LogP contribution in [0, 0.1) is 0 Å². The van der Waals surface area contributed by atoms with Gasteiger partial charge in [-0.1, -0.05) is 245 Å². The monoisotopic (exact) mass is 793 g/mol. The zero-order valence-electron chi connectivity index (χ0n) is 37.9. The Balaban J connectivity index is 4.17. The lowest BCUT2D eigenvalue weighted by Crippen LogP contribution is -2.30. The fourth-order valence-corrected chi connectivity index (χ4v) is 7.56. The zero-order valence-corrected chi connectivity index (χ0v) is 37.9. The SMILES string of the molecule is CCCCCCCCCCCCCCCCCCCCCC(=O)OCC(COC(=O)CCCCCCCCCC)OC(=O)CCCCCCCCCCCCC. The van der Waals surface area contributed by atoms with Crippen LogP contribution in [0.3, 0.4) is 0 Å². The summed E-state index contributed by atoms with van der Waals surface area (Å²) < 4.78 is 16.7. The molecule has 0 amide bonds. The molecule has 1 atom stereocenters. The highest BCUT2D eigenvalue weighted by molar-refractivity contribution is 5.71. The summed E-state index contributed by atoms with van der Waals surface area (Å²) in [6.07, 6.45) is 48.1. The van der Waals surface area contributed by atoms with Gasteiger partial charge in [-0.2, -0.15) is 0 Å². The normalized spacial score (nSPS) is 11.8. The Morgan fingerprint density at radius 3 is 0.714 bits per heavy atom. The maximum Gasteiger partial charge on any atom is 0.306 e. The third-order valence-corrected chi connectivity index (χ3v) is 11.4. The van der Waals surface area contributed by atoms with Gasteiger partial charge in [0.25, 0.3) is 0 Å². The summed E-state index contributed by atoms with van der Waals surface area (Å²) in [7, 11) is 0. The van der Waals surface area contributed by atoms with Crippen LogP contribution >= 0.6 is 0 Å². The van der Waals surface area contributed by atoms with E-state index in [2.05, 4.69) is 20.8 Å². The molecule has 332 valence electrons. The fraction of sp³-hybridized carbons (Fsp3) is 0.940. The fourth-order valence-electron chi connectivity index (χ4n) is 7.56. The van der Waals surface area contributed by atoms with E-state index in [0.717, 1.165) is 57.8 Å². The van der Waals surface area contributed by atoms with Crippen molar-refractivity contribution in [1.29, 1.82) is 0 Å². The quantitative estimate of drug-likeness (QED) is 0.0347. The molecule has 0 aromatic carbocycles. The molecule has 0 radical (unpaired) electrons. The molecule has 0 saturated heterocycles. The summed E-state index contributed by atoms with van der Waals surface area (Å²) >= 11 is 0. The Bertz CT molecular complexity index is 828. The highest BCUT2D eigenvalue weighted by atomic mass is 16.6. The lowest BCUT2D eigenvalue weighted by Gasteiger charge is -2.18. The number of ether oxygens (including phenoxy) is 3. The van der Waals surface area contributed by atoms with Gasteiger partial charge < -0.3 is 14.2 Å². The molecule has 0 heterocycles. The van der Waals surface area contributed by atoms with E-state index in [1.807, 2.05) is 0 Å². The number of hydrogen-bond acceptors (Lipinski definition) is 6. The highest BCUT2D eigenvalue weighted by Gasteiger charge is 2.19. The Labute approximate surface area is 348 Å². The number of esters is 3. The predicted molar refractivity (Wildman–Crippen MR) is 238 cm³/mol. The first-order valence-electron chi connectivity index (χ1n) is 25.0. The minimum Gasteiger partial charge on any atom is -0.462 e. The summed E-state index contributed by atoms with van der Waals surface area (Å²) in [5.41, 5.74) is 0. The van der Waals surface area contributed by atoms with Crippen molar-refractivity contribution in [2.45, 2.75) is 290 Å². The maximum atomic E-state index is 12.7. The van der Waals surface area contributed by atoms with Gasteiger partial charge in [-0.15, -0.1) is 0 Å². The van der Waals surface area contributed by atoms with E-state index in [1.54, 1.807) is 0 Å². The number of rotatable bonds is 46. The molecule has 1 unspecified atom stereocenters. The Morgan fingerprint density at radius 1 is 0.286 bits per heavy atom. The second-order valence-electron chi connectivity index (χ2n) is 17.1. The van der Waals surface area contributed by atoms with Crippen LogP contribution in [0.15, 0.2) is 0 Å². The van der Waals surface area contributed by atoms with Gasteiger partial charge in [0.05, 0.1) is 0 Å². The number of unbranched alkanes of at least 4 members (excludes halogenated alkanes) is 35. The molecule has 0 aromatic heterocycles. The second kappa shape index (κ2) is 46.1. The van der Waals surface area contributed by atoms with Crippen molar-refractivity contribution >= 4 is 17.9 Å². The minimum absolute atomic E-state index is 0.0625. The van der Waals surface area contributed by atoms with E-state index < -0.39 is 6.10 Å². The lowest BCUT2D eigenvalue weighted by atomic mass is 10.0. The van der Waals surface area contributed by atoms with Crippen LogP contribution in [0.2, 0.25) is 0 Å². The Morgan fingerprint density at radius 2 is 0.482 bits per heavy atom. The molecule has 0 aliphatic rings. The predicted octanol–water partition coefficient (Wildman–Crippen LogP) is 16.0. The second-order valence-corrected chi connectivity index (χ2v) is 17.1. The Hall–Kier alpha value is -1.59. The first-order valence-corrected chi connectivity index (χ1v) is 25.0. The van der Waals surface area contributed by atoms with E-state index in [-0.39, 0.29) is 31.1 Å². The molecular weight excluding hydrogens is 697 g/mol. The van der Waals surface area contributed by atoms with Gasteiger partial charge in [0.1, 0.15) is 13.2 Å². The van der Waals surface area contributed by atoms with Gasteiger partial charge >= 0.3 is 17.9 Å². The average molecular weight is 793 g/mol. The molecule has 6 heteroatoms. The molecule has 0 spiro atoms. The van der Waals surface area contributed by atoms with Crippen LogP contribution in [-0.4, -0.2) is 37.2 Å². The van der Waals surface area contributed by atoms with E-state index >= 15 is 0 Å². The van der Waals surface area contributed by atoms with Gasteiger partial charge in [0, 0.05) is 19.3 Å². The highest BCUT2D eigenvalue weighted by Crippen LogP contribution is 2.16. The molecule has 0 rings (SSSR count). The number of carbonyl (C=O) groups is 3. The van der Waals surface area contributed by atoms with Gasteiger partial charge in [-0.25, -0.2) is 0 Å². The van der Waals surface area contributed by atoms with Crippen molar-refractivity contribution in [1.82, 2.24) is 0 Å². The van der Waals surface area contributed by atoms with Crippen molar-refractivity contribution in [2.24, 2.45) is 0 Å². The summed E-state index contributed by atoms with van der Waals surface area (Å²) in [6.45, 7) is 6.64. The smallest absolute Gasteiger partial charge is 0.306 e. The van der Waals surface area contributed by atoms with Crippen LogP contribution in [0.25, 0.3) is 0 Å².